The van der Waals surface area contributed by atoms with Crippen LogP contribution in [-0.4, -0.2) is 15.7 Å². The Kier molecular flexibility index (Phi) is 4.92. The van der Waals surface area contributed by atoms with Crippen LogP contribution in [0.4, 0.5) is 0 Å². The monoisotopic (exact) mass is 304 g/mol. The van der Waals surface area contributed by atoms with Gasteiger partial charge in [-0.15, -0.1) is 0 Å². The number of nitrogens with zero attached hydrogens (tertiary/aromatic N) is 1. The Morgan fingerprint density at radius 1 is 1.29 bits per heavy atom. The van der Waals surface area contributed by atoms with Gasteiger partial charge in [0.15, 0.2) is 0 Å². The van der Waals surface area contributed by atoms with Gasteiger partial charge in [0, 0.05) is 22.9 Å². The molecule has 0 saturated carbocycles. The third-order valence-electron chi connectivity index (χ3n) is 2.87. The molecule has 21 heavy (non-hydrogen) atoms. The van der Waals surface area contributed by atoms with Crippen molar-refractivity contribution in [1.29, 1.82) is 0 Å². The Balaban J connectivity index is 2.30. The number of pyridine rings is 1. The minimum Gasteiger partial charge on any atom is -0.311 e. The molecule has 1 aromatic heterocycles. The zero-order chi connectivity index (χ0) is 15.2. The number of halogens is 1. The van der Waals surface area contributed by atoms with Crippen molar-refractivity contribution in [2.45, 2.75) is 6.54 Å². The van der Waals surface area contributed by atoms with Crippen LogP contribution in [0.2, 0.25) is 5.02 Å². The largest absolute Gasteiger partial charge is 0.311 e. The van der Waals surface area contributed by atoms with E-state index in [0.29, 0.717) is 17.1 Å². The summed E-state index contributed by atoms with van der Waals surface area (Å²) < 4.78 is 1.50. The molecule has 6 heteroatoms. The molecule has 0 aliphatic heterocycles. The van der Waals surface area contributed by atoms with Gasteiger partial charge in [0.1, 0.15) is 0 Å². The molecule has 0 unspecified atom stereocenters. The molecule has 108 valence electrons. The number of hydroxylamine groups is 1. The Bertz CT molecular complexity index is 738. The number of rotatable bonds is 4. The van der Waals surface area contributed by atoms with Crippen LogP contribution in [0.1, 0.15) is 11.1 Å². The number of amides is 1. The summed E-state index contributed by atoms with van der Waals surface area (Å²) >= 11 is 6.08. The predicted octanol–water partition coefficient (Wildman–Crippen LogP) is 2.07. The van der Waals surface area contributed by atoms with E-state index in [0.717, 1.165) is 11.6 Å². The molecule has 0 aliphatic rings. The molecule has 0 fully saturated rings. The van der Waals surface area contributed by atoms with Crippen molar-refractivity contribution < 1.29 is 10.0 Å². The summed E-state index contributed by atoms with van der Waals surface area (Å²) in [5.74, 6) is -0.698. The van der Waals surface area contributed by atoms with Crippen LogP contribution in [0, 0.1) is 0 Å². The van der Waals surface area contributed by atoms with Gasteiger partial charge in [-0.3, -0.25) is 14.8 Å². The van der Waals surface area contributed by atoms with Gasteiger partial charge in [-0.2, -0.15) is 0 Å². The summed E-state index contributed by atoms with van der Waals surface area (Å²) in [6.45, 7) is 0.340. The molecule has 2 aromatic rings. The third-order valence-corrected chi connectivity index (χ3v) is 3.24. The smallest absolute Gasteiger partial charge is 0.267 e. The van der Waals surface area contributed by atoms with Crippen molar-refractivity contribution in [2.24, 2.45) is 0 Å². The van der Waals surface area contributed by atoms with E-state index >= 15 is 0 Å². The van der Waals surface area contributed by atoms with Crippen LogP contribution in [0.25, 0.3) is 6.08 Å². The van der Waals surface area contributed by atoms with Gasteiger partial charge in [-0.05, 0) is 29.8 Å². The molecule has 1 aromatic carbocycles. The first-order valence-electron chi connectivity index (χ1n) is 6.17. The van der Waals surface area contributed by atoms with Gasteiger partial charge >= 0.3 is 0 Å². The number of aromatic nitrogens is 1. The number of benzene rings is 1. The van der Waals surface area contributed by atoms with E-state index in [1.165, 1.54) is 16.1 Å². The van der Waals surface area contributed by atoms with Gasteiger partial charge in [0.2, 0.25) is 0 Å². The Hall–Kier alpha value is -2.37. The van der Waals surface area contributed by atoms with Crippen molar-refractivity contribution in [3.8, 4) is 0 Å². The normalized spacial score (nSPS) is 10.8. The lowest BCUT2D eigenvalue weighted by atomic mass is 10.2. The second-order valence-electron chi connectivity index (χ2n) is 4.30. The van der Waals surface area contributed by atoms with E-state index in [9.17, 15) is 9.59 Å². The molecule has 0 spiro atoms. The van der Waals surface area contributed by atoms with Gasteiger partial charge in [-0.25, -0.2) is 5.48 Å². The Morgan fingerprint density at radius 3 is 2.76 bits per heavy atom. The van der Waals surface area contributed by atoms with Crippen molar-refractivity contribution >= 4 is 23.6 Å². The highest BCUT2D eigenvalue weighted by Gasteiger charge is 2.04. The predicted molar refractivity (Wildman–Crippen MR) is 80.2 cm³/mol. The van der Waals surface area contributed by atoms with Crippen LogP contribution in [0.3, 0.4) is 0 Å². The maximum Gasteiger partial charge on any atom is 0.267 e. The molecule has 0 bridgehead atoms. The summed E-state index contributed by atoms with van der Waals surface area (Å²) in [5, 5.41) is 9.00. The second kappa shape index (κ2) is 6.88. The first-order valence-corrected chi connectivity index (χ1v) is 6.54. The molecule has 0 radical (unpaired) electrons. The van der Waals surface area contributed by atoms with Crippen molar-refractivity contribution in [3.05, 3.63) is 75.2 Å². The average Bonchev–Trinajstić information content (AvgIpc) is 2.50. The topological polar surface area (TPSA) is 71.3 Å². The molecule has 5 nitrogen and oxygen atoms in total. The zero-order valence-electron chi connectivity index (χ0n) is 11.0. The molecule has 0 saturated heterocycles. The molecule has 2 N–H and O–H groups in total. The first kappa shape index (κ1) is 15.0. The summed E-state index contributed by atoms with van der Waals surface area (Å²) in [6, 6.07) is 10.6. The minimum atomic E-state index is -0.698. The van der Waals surface area contributed by atoms with Gasteiger partial charge in [0.05, 0.1) is 6.54 Å². The number of carbonyl (C=O) groups excluding carboxylic acids is 1. The maximum atomic E-state index is 12.3. The van der Waals surface area contributed by atoms with Gasteiger partial charge in [0.25, 0.3) is 11.5 Å². The summed E-state index contributed by atoms with van der Waals surface area (Å²) in [4.78, 5) is 23.2. The summed E-state index contributed by atoms with van der Waals surface area (Å²) in [5.41, 5.74) is 2.38. The Morgan fingerprint density at radius 2 is 2.05 bits per heavy atom. The lowest BCUT2D eigenvalue weighted by Gasteiger charge is -2.08. The molecular formula is C15H13ClN2O3. The zero-order valence-corrected chi connectivity index (χ0v) is 11.7. The lowest BCUT2D eigenvalue weighted by Crippen LogP contribution is -2.22. The van der Waals surface area contributed by atoms with Crippen LogP contribution in [0.5, 0.6) is 0 Å². The van der Waals surface area contributed by atoms with E-state index < -0.39 is 5.91 Å². The number of hydrogen-bond donors (Lipinski definition) is 2. The number of hydrogen-bond acceptors (Lipinski definition) is 3. The van der Waals surface area contributed by atoms with E-state index in [-0.39, 0.29) is 5.56 Å². The fraction of sp³-hybridized carbons (Fsp3) is 0.0667. The highest BCUT2D eigenvalue weighted by Crippen LogP contribution is 2.15. The third kappa shape index (κ3) is 3.81. The number of nitrogens with one attached hydrogen (secondary N) is 1. The molecule has 2 rings (SSSR count). The van der Waals surface area contributed by atoms with Gasteiger partial charge in [-0.1, -0.05) is 29.8 Å². The quantitative estimate of drug-likeness (QED) is 0.516. The van der Waals surface area contributed by atoms with Crippen molar-refractivity contribution in [1.82, 2.24) is 10.0 Å². The average molecular weight is 305 g/mol. The van der Waals surface area contributed by atoms with E-state index in [1.807, 2.05) is 18.2 Å². The van der Waals surface area contributed by atoms with Gasteiger partial charge < -0.3 is 4.57 Å². The van der Waals surface area contributed by atoms with Crippen LogP contribution >= 0.6 is 11.6 Å². The fourth-order valence-corrected chi connectivity index (χ4v) is 2.02. The van der Waals surface area contributed by atoms with E-state index in [1.54, 1.807) is 24.4 Å². The first-order chi connectivity index (χ1) is 10.1. The maximum absolute atomic E-state index is 12.3. The minimum absolute atomic E-state index is 0.251. The SMILES string of the molecule is O=C(/C=C/c1cccn(Cc2ccccc2Cl)c1=O)NO. The molecule has 0 atom stereocenters. The van der Waals surface area contributed by atoms with Crippen molar-refractivity contribution in [2.75, 3.05) is 0 Å². The fourth-order valence-electron chi connectivity index (χ4n) is 1.82. The molecule has 1 amide bonds. The second-order valence-corrected chi connectivity index (χ2v) is 4.70. The Labute approximate surface area is 126 Å². The standard InChI is InChI=1S/C15H13ClN2O3/c16-13-6-2-1-4-12(13)10-18-9-3-5-11(15(18)20)7-8-14(19)17-21/h1-9,21H,10H2,(H,17,19)/b8-7+. The van der Waals surface area contributed by atoms with E-state index in [2.05, 4.69) is 0 Å². The number of carbonyl (C=O) groups is 1. The molecular weight excluding hydrogens is 292 g/mol. The molecule has 0 aliphatic carbocycles. The summed E-state index contributed by atoms with van der Waals surface area (Å²) in [7, 11) is 0. The highest BCUT2D eigenvalue weighted by atomic mass is 35.5. The van der Waals surface area contributed by atoms with E-state index in [4.69, 9.17) is 16.8 Å². The summed E-state index contributed by atoms with van der Waals surface area (Å²) in [6.07, 6.45) is 4.07. The van der Waals surface area contributed by atoms with Crippen LogP contribution < -0.4 is 11.0 Å². The van der Waals surface area contributed by atoms with Crippen molar-refractivity contribution in [3.63, 3.8) is 0 Å². The highest BCUT2D eigenvalue weighted by molar-refractivity contribution is 6.31. The van der Waals surface area contributed by atoms with Crippen LogP contribution in [0.15, 0.2) is 53.5 Å². The lowest BCUT2D eigenvalue weighted by molar-refractivity contribution is -0.124. The molecule has 1 heterocycles. The van der Waals surface area contributed by atoms with Crippen LogP contribution in [-0.2, 0) is 11.3 Å².